The van der Waals surface area contributed by atoms with E-state index in [9.17, 15) is 9.59 Å². The summed E-state index contributed by atoms with van der Waals surface area (Å²) in [5.41, 5.74) is 0.787. The minimum atomic E-state index is -0.596. The molecule has 0 bridgehead atoms. The SMILES string of the molecule is CCCC1=CC(C)C(C(=O)OC)C1=O. The highest BCUT2D eigenvalue weighted by molar-refractivity contribution is 6.10. The third kappa shape index (κ3) is 1.86. The molecular formula is C11H16O3. The maximum Gasteiger partial charge on any atom is 0.317 e. The van der Waals surface area contributed by atoms with Gasteiger partial charge in [-0.15, -0.1) is 0 Å². The monoisotopic (exact) mass is 196 g/mol. The van der Waals surface area contributed by atoms with Crippen LogP contribution in [0.3, 0.4) is 0 Å². The van der Waals surface area contributed by atoms with E-state index in [1.807, 2.05) is 19.9 Å². The van der Waals surface area contributed by atoms with E-state index in [1.165, 1.54) is 7.11 Å². The molecule has 0 N–H and O–H groups in total. The van der Waals surface area contributed by atoms with Gasteiger partial charge >= 0.3 is 5.97 Å². The molecule has 0 spiro atoms. The van der Waals surface area contributed by atoms with E-state index in [2.05, 4.69) is 4.74 Å². The lowest BCUT2D eigenvalue weighted by atomic mass is 9.95. The summed E-state index contributed by atoms with van der Waals surface area (Å²) in [6.45, 7) is 3.90. The van der Waals surface area contributed by atoms with Crippen LogP contribution in [-0.2, 0) is 14.3 Å². The first kappa shape index (κ1) is 11.0. The Balaban J connectivity index is 2.78. The molecule has 0 aromatic carbocycles. The lowest BCUT2D eigenvalue weighted by molar-refractivity contribution is -0.149. The number of esters is 1. The lowest BCUT2D eigenvalue weighted by Gasteiger charge is -2.10. The summed E-state index contributed by atoms with van der Waals surface area (Å²) in [5.74, 6) is -1.07. The van der Waals surface area contributed by atoms with Gasteiger partial charge < -0.3 is 4.74 Å². The fraction of sp³-hybridized carbons (Fsp3) is 0.636. The van der Waals surface area contributed by atoms with Crippen LogP contribution in [-0.4, -0.2) is 18.9 Å². The molecule has 0 aromatic rings. The summed E-state index contributed by atoms with van der Waals surface area (Å²) in [4.78, 5) is 23.0. The number of ether oxygens (including phenoxy) is 1. The number of ketones is 1. The zero-order valence-electron chi connectivity index (χ0n) is 8.87. The highest BCUT2D eigenvalue weighted by Crippen LogP contribution is 2.30. The maximum absolute atomic E-state index is 11.7. The molecule has 3 heteroatoms. The molecule has 3 nitrogen and oxygen atoms in total. The Hall–Kier alpha value is -1.12. The van der Waals surface area contributed by atoms with Gasteiger partial charge in [-0.25, -0.2) is 0 Å². The first-order chi connectivity index (χ1) is 6.61. The average Bonchev–Trinajstić information content (AvgIpc) is 2.42. The number of rotatable bonds is 3. The number of carbonyl (C=O) groups excluding carboxylic acids is 2. The number of allylic oxidation sites excluding steroid dienone is 2. The summed E-state index contributed by atoms with van der Waals surface area (Å²) in [5, 5.41) is 0. The molecule has 78 valence electrons. The van der Waals surface area contributed by atoms with Crippen molar-refractivity contribution < 1.29 is 14.3 Å². The van der Waals surface area contributed by atoms with Gasteiger partial charge in [0.2, 0.25) is 0 Å². The Morgan fingerprint density at radius 3 is 2.71 bits per heavy atom. The fourth-order valence-electron chi connectivity index (χ4n) is 1.86. The molecule has 14 heavy (non-hydrogen) atoms. The van der Waals surface area contributed by atoms with Crippen LogP contribution in [0.1, 0.15) is 26.7 Å². The standard InChI is InChI=1S/C11H16O3/c1-4-5-8-6-7(2)9(10(8)12)11(13)14-3/h6-7,9H,4-5H2,1-3H3. The van der Waals surface area contributed by atoms with E-state index in [-0.39, 0.29) is 11.7 Å². The average molecular weight is 196 g/mol. The Bertz CT molecular complexity index is 278. The van der Waals surface area contributed by atoms with Crippen LogP contribution in [0.4, 0.5) is 0 Å². The van der Waals surface area contributed by atoms with Gasteiger partial charge in [0.1, 0.15) is 5.92 Å². The van der Waals surface area contributed by atoms with Crippen molar-refractivity contribution in [2.24, 2.45) is 11.8 Å². The molecule has 2 unspecified atom stereocenters. The van der Waals surface area contributed by atoms with Gasteiger partial charge in [-0.1, -0.05) is 26.3 Å². The maximum atomic E-state index is 11.7. The Labute approximate surface area is 84.1 Å². The lowest BCUT2D eigenvalue weighted by Crippen LogP contribution is -2.26. The van der Waals surface area contributed by atoms with Gasteiger partial charge in [0.25, 0.3) is 0 Å². The molecule has 0 saturated carbocycles. The number of methoxy groups -OCH3 is 1. The van der Waals surface area contributed by atoms with Crippen LogP contribution in [0.15, 0.2) is 11.6 Å². The van der Waals surface area contributed by atoms with Crippen LogP contribution < -0.4 is 0 Å². The normalized spacial score (nSPS) is 26.2. The minimum absolute atomic E-state index is 0.0171. The molecule has 1 aliphatic carbocycles. The van der Waals surface area contributed by atoms with Gasteiger partial charge in [0, 0.05) is 0 Å². The Kier molecular flexibility index (Phi) is 3.44. The number of Topliss-reactive ketones (excluding diaryl/α,β-unsaturated/α-hetero) is 1. The molecule has 2 atom stereocenters. The summed E-state index contributed by atoms with van der Waals surface area (Å²) >= 11 is 0. The van der Waals surface area contributed by atoms with Crippen molar-refractivity contribution in [3.05, 3.63) is 11.6 Å². The smallest absolute Gasteiger partial charge is 0.317 e. The highest BCUT2D eigenvalue weighted by atomic mass is 16.5. The van der Waals surface area contributed by atoms with E-state index in [0.717, 1.165) is 18.4 Å². The minimum Gasteiger partial charge on any atom is -0.468 e. The zero-order chi connectivity index (χ0) is 10.7. The quantitative estimate of drug-likeness (QED) is 0.510. The van der Waals surface area contributed by atoms with Crippen LogP contribution in [0, 0.1) is 11.8 Å². The van der Waals surface area contributed by atoms with Crippen LogP contribution in [0.25, 0.3) is 0 Å². The molecule has 0 aliphatic heterocycles. The van der Waals surface area contributed by atoms with E-state index in [0.29, 0.717) is 0 Å². The van der Waals surface area contributed by atoms with Crippen molar-refractivity contribution in [1.82, 2.24) is 0 Å². The second-order valence-electron chi connectivity index (χ2n) is 3.67. The molecule has 1 aliphatic rings. The van der Waals surface area contributed by atoms with Crippen LogP contribution in [0.5, 0.6) is 0 Å². The van der Waals surface area contributed by atoms with Crippen molar-refractivity contribution in [2.45, 2.75) is 26.7 Å². The predicted octanol–water partition coefficient (Wildman–Crippen LogP) is 1.72. The Morgan fingerprint density at radius 2 is 2.21 bits per heavy atom. The molecular weight excluding hydrogens is 180 g/mol. The van der Waals surface area contributed by atoms with E-state index in [1.54, 1.807) is 0 Å². The molecule has 0 saturated heterocycles. The van der Waals surface area contributed by atoms with Gasteiger partial charge in [-0.2, -0.15) is 0 Å². The topological polar surface area (TPSA) is 43.4 Å². The molecule has 0 radical (unpaired) electrons. The number of hydrogen-bond donors (Lipinski definition) is 0. The molecule has 1 rings (SSSR count). The molecule has 0 aromatic heterocycles. The predicted molar refractivity (Wildman–Crippen MR) is 52.7 cm³/mol. The largest absolute Gasteiger partial charge is 0.468 e. The second kappa shape index (κ2) is 4.40. The van der Waals surface area contributed by atoms with Gasteiger partial charge in [-0.05, 0) is 17.9 Å². The van der Waals surface area contributed by atoms with Crippen molar-refractivity contribution in [1.29, 1.82) is 0 Å². The highest BCUT2D eigenvalue weighted by Gasteiger charge is 2.38. The fourth-order valence-corrected chi connectivity index (χ4v) is 1.86. The molecule has 0 amide bonds. The number of hydrogen-bond acceptors (Lipinski definition) is 3. The summed E-state index contributed by atoms with van der Waals surface area (Å²) in [6.07, 6.45) is 3.59. The molecule has 0 heterocycles. The first-order valence-electron chi connectivity index (χ1n) is 4.94. The first-order valence-corrected chi connectivity index (χ1v) is 4.94. The van der Waals surface area contributed by atoms with Crippen molar-refractivity contribution in [2.75, 3.05) is 7.11 Å². The van der Waals surface area contributed by atoms with Gasteiger partial charge in [-0.3, -0.25) is 9.59 Å². The summed E-state index contributed by atoms with van der Waals surface area (Å²) in [6, 6.07) is 0. The second-order valence-corrected chi connectivity index (χ2v) is 3.67. The van der Waals surface area contributed by atoms with E-state index >= 15 is 0 Å². The summed E-state index contributed by atoms with van der Waals surface area (Å²) in [7, 11) is 1.32. The Morgan fingerprint density at radius 1 is 1.57 bits per heavy atom. The third-order valence-electron chi connectivity index (χ3n) is 2.56. The van der Waals surface area contributed by atoms with Crippen molar-refractivity contribution in [3.8, 4) is 0 Å². The van der Waals surface area contributed by atoms with Crippen molar-refractivity contribution in [3.63, 3.8) is 0 Å². The van der Waals surface area contributed by atoms with Gasteiger partial charge in [0.15, 0.2) is 5.78 Å². The van der Waals surface area contributed by atoms with Crippen molar-refractivity contribution >= 4 is 11.8 Å². The van der Waals surface area contributed by atoms with Crippen LogP contribution in [0.2, 0.25) is 0 Å². The third-order valence-corrected chi connectivity index (χ3v) is 2.56. The zero-order valence-corrected chi connectivity index (χ0v) is 8.87. The van der Waals surface area contributed by atoms with Gasteiger partial charge in [0.05, 0.1) is 7.11 Å². The molecule has 0 fully saturated rings. The van der Waals surface area contributed by atoms with Crippen LogP contribution >= 0.6 is 0 Å². The van der Waals surface area contributed by atoms with E-state index in [4.69, 9.17) is 0 Å². The number of carbonyl (C=O) groups is 2. The summed E-state index contributed by atoms with van der Waals surface area (Å²) < 4.78 is 4.61. The van der Waals surface area contributed by atoms with E-state index < -0.39 is 11.9 Å².